The third-order valence-electron chi connectivity index (χ3n) is 3.05. The Balaban J connectivity index is 1.67. The molecule has 0 unspecified atom stereocenters. The van der Waals surface area contributed by atoms with E-state index in [-0.39, 0.29) is 0 Å². The maximum Gasteiger partial charge on any atom is 0.0991 e. The van der Waals surface area contributed by atoms with Gasteiger partial charge in [-0.3, -0.25) is 5.01 Å². The smallest absolute Gasteiger partial charge is 0.0991 e. The Morgan fingerprint density at radius 2 is 1.95 bits per heavy atom. The molecule has 0 aliphatic carbocycles. The molecule has 3 rings (SSSR count). The summed E-state index contributed by atoms with van der Waals surface area (Å²) >= 11 is 0. The van der Waals surface area contributed by atoms with Crippen LogP contribution in [-0.2, 0) is 4.74 Å². The first kappa shape index (κ1) is 11.9. The second-order valence-corrected chi connectivity index (χ2v) is 4.37. The molecule has 0 radical (unpaired) electrons. The van der Waals surface area contributed by atoms with Gasteiger partial charge in [-0.1, -0.05) is 12.1 Å². The van der Waals surface area contributed by atoms with Gasteiger partial charge in [-0.15, -0.1) is 0 Å². The van der Waals surface area contributed by atoms with Gasteiger partial charge in [0.1, 0.15) is 0 Å². The molecule has 2 heterocycles. The Morgan fingerprint density at radius 3 is 2.63 bits per heavy atom. The molecule has 1 aromatic heterocycles. The molecule has 1 fully saturated rings. The van der Waals surface area contributed by atoms with E-state index in [2.05, 4.69) is 34.4 Å². The lowest BCUT2D eigenvalue weighted by Crippen LogP contribution is -2.32. The Kier molecular flexibility index (Phi) is 3.56. The highest BCUT2D eigenvalue weighted by molar-refractivity contribution is 5.79. The fourth-order valence-electron chi connectivity index (χ4n) is 1.96. The number of imidazole rings is 1. The zero-order chi connectivity index (χ0) is 12.9. The Hall–Kier alpha value is -2.14. The van der Waals surface area contributed by atoms with Gasteiger partial charge in [0.25, 0.3) is 0 Å². The monoisotopic (exact) mass is 256 g/mol. The van der Waals surface area contributed by atoms with Gasteiger partial charge in [0, 0.05) is 18.1 Å². The fraction of sp³-hybridized carbons (Fsp3) is 0.286. The average molecular weight is 256 g/mol. The molecule has 0 spiro atoms. The van der Waals surface area contributed by atoms with Crippen molar-refractivity contribution in [3.63, 3.8) is 0 Å². The summed E-state index contributed by atoms with van der Waals surface area (Å²) in [7, 11) is 0. The van der Waals surface area contributed by atoms with Crippen LogP contribution < -0.4 is 0 Å². The van der Waals surface area contributed by atoms with Crippen molar-refractivity contribution >= 4 is 6.21 Å². The Bertz CT molecular complexity index is 527. The van der Waals surface area contributed by atoms with E-state index in [9.17, 15) is 0 Å². The van der Waals surface area contributed by atoms with Crippen LogP contribution in [0.25, 0.3) is 5.69 Å². The summed E-state index contributed by atoms with van der Waals surface area (Å²) in [6, 6.07) is 8.23. The molecule has 1 saturated heterocycles. The number of hydrogen-bond acceptors (Lipinski definition) is 4. The standard InChI is InChI=1S/C14H16N4O/c1-3-14(17-6-5-15-12-17)4-2-13(1)11-16-18-7-9-19-10-8-18/h1-6,11-12H,7-10H2/b16-11+. The predicted molar refractivity (Wildman–Crippen MR) is 73.6 cm³/mol. The van der Waals surface area contributed by atoms with E-state index >= 15 is 0 Å². The first-order valence-corrected chi connectivity index (χ1v) is 6.37. The number of morpholine rings is 1. The highest BCUT2D eigenvalue weighted by Crippen LogP contribution is 2.08. The lowest BCUT2D eigenvalue weighted by molar-refractivity contribution is 0.0397. The van der Waals surface area contributed by atoms with Crippen molar-refractivity contribution in [3.05, 3.63) is 48.5 Å². The highest BCUT2D eigenvalue weighted by Gasteiger charge is 2.06. The first-order chi connectivity index (χ1) is 9.42. The van der Waals surface area contributed by atoms with Crippen molar-refractivity contribution in [2.24, 2.45) is 5.10 Å². The molecule has 5 nitrogen and oxygen atoms in total. The maximum atomic E-state index is 5.28. The molecule has 0 bridgehead atoms. The third kappa shape index (κ3) is 3.00. The largest absolute Gasteiger partial charge is 0.378 e. The first-order valence-electron chi connectivity index (χ1n) is 6.37. The van der Waals surface area contributed by atoms with Crippen LogP contribution in [0.1, 0.15) is 5.56 Å². The van der Waals surface area contributed by atoms with Crippen LogP contribution in [0.3, 0.4) is 0 Å². The van der Waals surface area contributed by atoms with Gasteiger partial charge in [-0.25, -0.2) is 4.98 Å². The summed E-state index contributed by atoms with van der Waals surface area (Å²) in [6.45, 7) is 3.25. The zero-order valence-electron chi connectivity index (χ0n) is 10.6. The summed E-state index contributed by atoms with van der Waals surface area (Å²) in [5.41, 5.74) is 2.19. The van der Waals surface area contributed by atoms with Crippen molar-refractivity contribution in [3.8, 4) is 5.69 Å². The molecular weight excluding hydrogens is 240 g/mol. The Morgan fingerprint density at radius 1 is 1.16 bits per heavy atom. The van der Waals surface area contributed by atoms with E-state index in [0.29, 0.717) is 0 Å². The molecule has 0 amide bonds. The fourth-order valence-corrected chi connectivity index (χ4v) is 1.96. The molecule has 5 heteroatoms. The van der Waals surface area contributed by atoms with Crippen molar-refractivity contribution in [2.75, 3.05) is 26.3 Å². The van der Waals surface area contributed by atoms with Gasteiger partial charge >= 0.3 is 0 Å². The van der Waals surface area contributed by atoms with Crippen LogP contribution in [0.15, 0.2) is 48.1 Å². The minimum atomic E-state index is 0.761. The summed E-state index contributed by atoms with van der Waals surface area (Å²) < 4.78 is 7.26. The number of hydrazone groups is 1. The van der Waals surface area contributed by atoms with Crippen molar-refractivity contribution in [2.45, 2.75) is 0 Å². The molecule has 0 atom stereocenters. The molecule has 2 aromatic rings. The van der Waals surface area contributed by atoms with E-state index in [4.69, 9.17) is 4.74 Å². The van der Waals surface area contributed by atoms with E-state index in [0.717, 1.165) is 37.6 Å². The summed E-state index contributed by atoms with van der Waals surface area (Å²) in [5.74, 6) is 0. The lowest BCUT2D eigenvalue weighted by atomic mass is 10.2. The van der Waals surface area contributed by atoms with Gasteiger partial charge in [0.15, 0.2) is 0 Å². The van der Waals surface area contributed by atoms with Crippen LogP contribution >= 0.6 is 0 Å². The van der Waals surface area contributed by atoms with E-state index < -0.39 is 0 Å². The van der Waals surface area contributed by atoms with Gasteiger partial charge in [-0.2, -0.15) is 5.10 Å². The number of hydrogen-bond donors (Lipinski definition) is 0. The van der Waals surface area contributed by atoms with Crippen LogP contribution in [0.4, 0.5) is 0 Å². The van der Waals surface area contributed by atoms with Crippen LogP contribution in [-0.4, -0.2) is 47.1 Å². The molecule has 1 aliphatic heterocycles. The van der Waals surface area contributed by atoms with Crippen LogP contribution in [0.2, 0.25) is 0 Å². The third-order valence-corrected chi connectivity index (χ3v) is 3.05. The van der Waals surface area contributed by atoms with E-state index in [1.54, 1.807) is 12.5 Å². The number of ether oxygens (including phenoxy) is 1. The Labute approximate surface area is 112 Å². The molecule has 1 aromatic carbocycles. The summed E-state index contributed by atoms with van der Waals surface area (Å²) in [5, 5.41) is 6.49. The lowest BCUT2D eigenvalue weighted by Gasteiger charge is -2.23. The minimum absolute atomic E-state index is 0.761. The zero-order valence-corrected chi connectivity index (χ0v) is 10.6. The molecule has 98 valence electrons. The molecule has 1 aliphatic rings. The highest BCUT2D eigenvalue weighted by atomic mass is 16.5. The van der Waals surface area contributed by atoms with Crippen LogP contribution in [0.5, 0.6) is 0 Å². The second kappa shape index (κ2) is 5.67. The second-order valence-electron chi connectivity index (χ2n) is 4.37. The summed E-state index contributed by atoms with van der Waals surface area (Å²) in [6.07, 6.45) is 7.38. The van der Waals surface area contributed by atoms with E-state index in [1.807, 2.05) is 22.0 Å². The van der Waals surface area contributed by atoms with Gasteiger partial charge in [0.2, 0.25) is 0 Å². The van der Waals surface area contributed by atoms with Crippen molar-refractivity contribution < 1.29 is 4.74 Å². The number of nitrogens with zero attached hydrogens (tertiary/aromatic N) is 4. The minimum Gasteiger partial charge on any atom is -0.378 e. The number of rotatable bonds is 3. The number of benzene rings is 1. The molecular formula is C14H16N4O. The van der Waals surface area contributed by atoms with Gasteiger partial charge < -0.3 is 9.30 Å². The van der Waals surface area contributed by atoms with Gasteiger partial charge in [0.05, 0.1) is 38.8 Å². The van der Waals surface area contributed by atoms with Crippen LogP contribution in [0, 0.1) is 0 Å². The van der Waals surface area contributed by atoms with Gasteiger partial charge in [-0.05, 0) is 17.7 Å². The maximum absolute atomic E-state index is 5.28. The topological polar surface area (TPSA) is 42.6 Å². The van der Waals surface area contributed by atoms with Crippen molar-refractivity contribution in [1.82, 2.24) is 14.6 Å². The SMILES string of the molecule is C(=N\N1CCOCC1)/c1ccc(-n2ccnc2)cc1. The molecule has 0 saturated carbocycles. The van der Waals surface area contributed by atoms with Crippen molar-refractivity contribution in [1.29, 1.82) is 0 Å². The normalized spacial score (nSPS) is 16.1. The number of aromatic nitrogens is 2. The summed E-state index contributed by atoms with van der Waals surface area (Å²) in [4.78, 5) is 4.04. The average Bonchev–Trinajstić information content (AvgIpc) is 3.01. The predicted octanol–water partition coefficient (Wildman–Crippen LogP) is 1.54. The molecule has 0 N–H and O–H groups in total. The molecule has 19 heavy (non-hydrogen) atoms. The van der Waals surface area contributed by atoms with E-state index in [1.165, 1.54) is 0 Å². The quantitative estimate of drug-likeness (QED) is 0.782.